The molecule has 0 fully saturated rings. The molecule has 0 spiro atoms. The molecule has 0 aliphatic carbocycles. The number of nitrogens with zero attached hydrogens (tertiary/aromatic N) is 1. The van der Waals surface area contributed by atoms with Crippen molar-refractivity contribution in [2.75, 3.05) is 13.2 Å². The van der Waals surface area contributed by atoms with Crippen LogP contribution in [0.4, 0.5) is 0 Å². The molecule has 0 aliphatic rings. The van der Waals surface area contributed by atoms with E-state index in [0.717, 1.165) is 28.4 Å². The van der Waals surface area contributed by atoms with Crippen LogP contribution in [0.5, 0.6) is 5.75 Å². The third-order valence-corrected chi connectivity index (χ3v) is 5.65. The second-order valence-electron chi connectivity index (χ2n) is 7.17. The fraction of sp³-hybridized carbons (Fsp3) is 0.391. The highest BCUT2D eigenvalue weighted by Crippen LogP contribution is 2.21. The van der Waals surface area contributed by atoms with E-state index in [1.807, 2.05) is 31.2 Å². The summed E-state index contributed by atoms with van der Waals surface area (Å²) in [6, 6.07) is 12.3. The first-order valence-corrected chi connectivity index (χ1v) is 11.2. The Labute approximate surface area is 191 Å². The lowest BCUT2D eigenvalue weighted by Gasteiger charge is -2.29. The van der Waals surface area contributed by atoms with Crippen LogP contribution in [0, 0.1) is 6.92 Å². The molecule has 2 rings (SSSR count). The van der Waals surface area contributed by atoms with E-state index in [1.54, 1.807) is 30.0 Å². The van der Waals surface area contributed by atoms with Gasteiger partial charge in [0, 0.05) is 22.6 Å². The lowest BCUT2D eigenvalue weighted by Crippen LogP contribution is -2.49. The molecule has 5 nitrogen and oxygen atoms in total. The number of nitrogens with one attached hydrogen (secondary N) is 1. The standard InChI is InChI=1S/C23H28BrClN2O3/c1-4-5-11-26-23(29)17(3)27(14-18-7-6-8-19(24)13-18)22(28)15-30-20-9-10-21(25)16(2)12-20/h6-10,12-13,17H,4-5,11,14-15H2,1-3H3,(H,26,29). The Hall–Kier alpha value is -2.05. The number of benzene rings is 2. The Morgan fingerprint density at radius 1 is 1.23 bits per heavy atom. The highest BCUT2D eigenvalue weighted by molar-refractivity contribution is 9.10. The van der Waals surface area contributed by atoms with Crippen LogP contribution in [-0.2, 0) is 16.1 Å². The van der Waals surface area contributed by atoms with Crippen molar-refractivity contribution in [1.29, 1.82) is 0 Å². The van der Waals surface area contributed by atoms with E-state index in [9.17, 15) is 9.59 Å². The van der Waals surface area contributed by atoms with Crippen LogP contribution in [0.2, 0.25) is 5.02 Å². The summed E-state index contributed by atoms with van der Waals surface area (Å²) >= 11 is 9.50. The SMILES string of the molecule is CCCCNC(=O)C(C)N(Cc1cccc(Br)c1)C(=O)COc1ccc(Cl)c(C)c1. The predicted octanol–water partition coefficient (Wildman–Crippen LogP) is 5.12. The van der Waals surface area contributed by atoms with Gasteiger partial charge in [-0.15, -0.1) is 0 Å². The minimum atomic E-state index is -0.621. The third-order valence-electron chi connectivity index (χ3n) is 4.73. The van der Waals surface area contributed by atoms with Gasteiger partial charge >= 0.3 is 0 Å². The third kappa shape index (κ3) is 7.33. The highest BCUT2D eigenvalue weighted by Gasteiger charge is 2.26. The predicted molar refractivity (Wildman–Crippen MR) is 124 cm³/mol. The monoisotopic (exact) mass is 494 g/mol. The molecule has 0 heterocycles. The molecule has 0 saturated heterocycles. The highest BCUT2D eigenvalue weighted by atomic mass is 79.9. The van der Waals surface area contributed by atoms with Gasteiger partial charge in [-0.3, -0.25) is 9.59 Å². The van der Waals surface area contributed by atoms with Crippen molar-refractivity contribution < 1.29 is 14.3 Å². The molecule has 2 amide bonds. The molecule has 30 heavy (non-hydrogen) atoms. The molecular formula is C23H28BrClN2O3. The number of unbranched alkanes of at least 4 members (excludes halogenated alkanes) is 1. The van der Waals surface area contributed by atoms with Crippen molar-refractivity contribution in [1.82, 2.24) is 10.2 Å². The zero-order valence-electron chi connectivity index (χ0n) is 17.6. The van der Waals surface area contributed by atoms with Crippen LogP contribution in [0.3, 0.4) is 0 Å². The fourth-order valence-electron chi connectivity index (χ4n) is 2.89. The lowest BCUT2D eigenvalue weighted by molar-refractivity contribution is -0.142. The quantitative estimate of drug-likeness (QED) is 0.465. The molecule has 1 atom stereocenters. The van der Waals surface area contributed by atoms with E-state index < -0.39 is 6.04 Å². The maximum Gasteiger partial charge on any atom is 0.261 e. The van der Waals surface area contributed by atoms with Crippen LogP contribution in [0.1, 0.15) is 37.8 Å². The first-order valence-electron chi connectivity index (χ1n) is 10.0. The molecule has 1 unspecified atom stereocenters. The van der Waals surface area contributed by atoms with E-state index in [0.29, 0.717) is 23.9 Å². The molecule has 7 heteroatoms. The fourth-order valence-corrected chi connectivity index (χ4v) is 3.45. The molecule has 0 saturated carbocycles. The van der Waals surface area contributed by atoms with Crippen LogP contribution >= 0.6 is 27.5 Å². The van der Waals surface area contributed by atoms with E-state index in [-0.39, 0.29) is 18.4 Å². The van der Waals surface area contributed by atoms with Crippen molar-refractivity contribution in [2.45, 2.75) is 46.2 Å². The molecule has 0 bridgehead atoms. The van der Waals surface area contributed by atoms with Crippen molar-refractivity contribution in [3.05, 3.63) is 63.1 Å². The minimum absolute atomic E-state index is 0.165. The van der Waals surface area contributed by atoms with Gasteiger partial charge in [0.2, 0.25) is 5.91 Å². The second kappa shape index (κ2) is 12.0. The zero-order chi connectivity index (χ0) is 22.1. The Morgan fingerprint density at radius 2 is 2.00 bits per heavy atom. The Morgan fingerprint density at radius 3 is 2.67 bits per heavy atom. The number of amides is 2. The summed E-state index contributed by atoms with van der Waals surface area (Å²) < 4.78 is 6.60. The van der Waals surface area contributed by atoms with Gasteiger partial charge in [-0.25, -0.2) is 0 Å². The molecule has 0 radical (unpaired) electrons. The smallest absolute Gasteiger partial charge is 0.261 e. The van der Waals surface area contributed by atoms with E-state index in [4.69, 9.17) is 16.3 Å². The maximum atomic E-state index is 13.0. The zero-order valence-corrected chi connectivity index (χ0v) is 19.9. The largest absolute Gasteiger partial charge is 0.484 e. The Kier molecular flexibility index (Phi) is 9.66. The number of rotatable bonds is 10. The average molecular weight is 496 g/mol. The molecule has 2 aromatic rings. The van der Waals surface area contributed by atoms with Gasteiger partial charge in [-0.05, 0) is 61.7 Å². The number of carbonyl (C=O) groups excluding carboxylic acids is 2. The van der Waals surface area contributed by atoms with E-state index in [2.05, 4.69) is 28.2 Å². The van der Waals surface area contributed by atoms with Crippen molar-refractivity contribution in [2.24, 2.45) is 0 Å². The van der Waals surface area contributed by atoms with Crippen LogP contribution in [-0.4, -0.2) is 35.9 Å². The van der Waals surface area contributed by atoms with Crippen LogP contribution in [0.15, 0.2) is 46.9 Å². The molecular weight excluding hydrogens is 468 g/mol. The molecule has 2 aromatic carbocycles. The van der Waals surface area contributed by atoms with Gasteiger partial charge in [0.1, 0.15) is 11.8 Å². The lowest BCUT2D eigenvalue weighted by atomic mass is 10.1. The number of carbonyl (C=O) groups is 2. The summed E-state index contributed by atoms with van der Waals surface area (Å²) in [5.74, 6) is 0.127. The van der Waals surface area contributed by atoms with Crippen LogP contribution < -0.4 is 10.1 Å². The molecule has 162 valence electrons. The summed E-state index contributed by atoms with van der Waals surface area (Å²) in [6.45, 7) is 6.42. The number of hydrogen-bond donors (Lipinski definition) is 1. The number of aryl methyl sites for hydroxylation is 1. The topological polar surface area (TPSA) is 58.6 Å². The second-order valence-corrected chi connectivity index (χ2v) is 8.49. The molecule has 0 aliphatic heterocycles. The summed E-state index contributed by atoms with van der Waals surface area (Å²) in [5, 5.41) is 3.55. The molecule has 0 aromatic heterocycles. The van der Waals surface area contributed by atoms with Crippen LogP contribution in [0.25, 0.3) is 0 Å². The van der Waals surface area contributed by atoms with Gasteiger partial charge in [-0.2, -0.15) is 0 Å². The summed E-state index contributed by atoms with van der Waals surface area (Å²) in [5.41, 5.74) is 1.80. The van der Waals surface area contributed by atoms with Crippen molar-refractivity contribution >= 4 is 39.3 Å². The van der Waals surface area contributed by atoms with Gasteiger partial charge in [0.25, 0.3) is 5.91 Å². The Balaban J connectivity index is 2.12. The Bertz CT molecular complexity index is 875. The summed E-state index contributed by atoms with van der Waals surface area (Å²) in [6.07, 6.45) is 1.89. The van der Waals surface area contributed by atoms with Crippen molar-refractivity contribution in [3.63, 3.8) is 0 Å². The van der Waals surface area contributed by atoms with Gasteiger partial charge in [0.15, 0.2) is 6.61 Å². The summed E-state index contributed by atoms with van der Waals surface area (Å²) in [4.78, 5) is 27.2. The minimum Gasteiger partial charge on any atom is -0.484 e. The normalized spacial score (nSPS) is 11.6. The first-order chi connectivity index (χ1) is 14.3. The van der Waals surface area contributed by atoms with E-state index >= 15 is 0 Å². The number of hydrogen-bond acceptors (Lipinski definition) is 3. The number of halogens is 2. The van der Waals surface area contributed by atoms with E-state index in [1.165, 1.54) is 0 Å². The number of ether oxygens (including phenoxy) is 1. The average Bonchev–Trinajstić information content (AvgIpc) is 2.72. The summed E-state index contributed by atoms with van der Waals surface area (Å²) in [7, 11) is 0. The van der Waals surface area contributed by atoms with Gasteiger partial charge in [-0.1, -0.05) is 53.0 Å². The van der Waals surface area contributed by atoms with Crippen molar-refractivity contribution in [3.8, 4) is 5.75 Å². The maximum absolute atomic E-state index is 13.0. The first kappa shape index (κ1) is 24.2. The van der Waals surface area contributed by atoms with Gasteiger partial charge in [0.05, 0.1) is 0 Å². The van der Waals surface area contributed by atoms with Gasteiger partial charge < -0.3 is 15.0 Å². The molecule has 1 N–H and O–H groups in total.